The van der Waals surface area contributed by atoms with Gasteiger partial charge in [-0.3, -0.25) is 9.59 Å². The molecule has 1 amide bonds. The van der Waals surface area contributed by atoms with Crippen LogP contribution in [0.5, 0.6) is 0 Å². The van der Waals surface area contributed by atoms with Crippen molar-refractivity contribution in [2.45, 2.75) is 39.3 Å². The number of hydrogen-bond acceptors (Lipinski definition) is 3. The predicted octanol–water partition coefficient (Wildman–Crippen LogP) is 4.19. The summed E-state index contributed by atoms with van der Waals surface area (Å²) in [5.41, 5.74) is -0.384. The van der Waals surface area contributed by atoms with Gasteiger partial charge in [-0.15, -0.1) is 0 Å². The maximum atomic E-state index is 13.2. The van der Waals surface area contributed by atoms with Gasteiger partial charge in [-0.25, -0.2) is 0 Å². The van der Waals surface area contributed by atoms with Gasteiger partial charge in [0.15, 0.2) is 5.60 Å². The van der Waals surface area contributed by atoms with Crippen LogP contribution in [0.1, 0.15) is 38.3 Å². The number of aliphatic hydroxyl groups is 1. The summed E-state index contributed by atoms with van der Waals surface area (Å²) < 4.78 is 0.757. The highest BCUT2D eigenvalue weighted by molar-refractivity contribution is 9.10. The number of nitrogens with zero attached hydrogens (tertiary/aromatic N) is 1. The van der Waals surface area contributed by atoms with Crippen LogP contribution >= 0.6 is 15.9 Å². The summed E-state index contributed by atoms with van der Waals surface area (Å²) >= 11 is 3.40. The minimum atomic E-state index is -1.84. The summed E-state index contributed by atoms with van der Waals surface area (Å²) in [7, 11) is 0. The van der Waals surface area contributed by atoms with E-state index in [1.165, 1.54) is 0 Å². The van der Waals surface area contributed by atoms with Gasteiger partial charge in [0, 0.05) is 21.9 Å². The molecule has 0 saturated carbocycles. The molecule has 26 heavy (non-hydrogen) atoms. The molecule has 1 N–H and O–H groups in total. The van der Waals surface area contributed by atoms with Crippen molar-refractivity contribution in [2.75, 3.05) is 4.90 Å². The predicted molar refractivity (Wildman–Crippen MR) is 105 cm³/mol. The van der Waals surface area contributed by atoms with E-state index in [0.717, 1.165) is 10.0 Å². The number of carbonyl (C=O) groups excluding carboxylic acids is 2. The molecule has 1 heterocycles. The summed E-state index contributed by atoms with van der Waals surface area (Å²) in [5.74, 6) is -0.604. The average molecular weight is 416 g/mol. The van der Waals surface area contributed by atoms with Crippen LogP contribution in [-0.2, 0) is 21.7 Å². The summed E-state index contributed by atoms with van der Waals surface area (Å²) in [5, 5.41) is 11.3. The molecular formula is C21H22BrNO3. The lowest BCUT2D eigenvalue weighted by Crippen LogP contribution is -2.43. The number of ketones is 1. The smallest absolute Gasteiger partial charge is 0.264 e. The maximum Gasteiger partial charge on any atom is 0.264 e. The van der Waals surface area contributed by atoms with Crippen molar-refractivity contribution in [3.8, 4) is 0 Å². The Morgan fingerprint density at radius 1 is 1.15 bits per heavy atom. The summed E-state index contributed by atoms with van der Waals surface area (Å²) in [4.78, 5) is 27.3. The van der Waals surface area contributed by atoms with E-state index in [-0.39, 0.29) is 12.2 Å². The third-order valence-corrected chi connectivity index (χ3v) is 5.22. The van der Waals surface area contributed by atoms with Gasteiger partial charge in [0.25, 0.3) is 5.91 Å². The van der Waals surface area contributed by atoms with Gasteiger partial charge in [-0.2, -0.15) is 0 Å². The van der Waals surface area contributed by atoms with Crippen LogP contribution < -0.4 is 4.90 Å². The molecule has 2 aromatic carbocycles. The van der Waals surface area contributed by atoms with Crippen LogP contribution in [0.15, 0.2) is 53.0 Å². The monoisotopic (exact) mass is 415 g/mol. The zero-order valence-corrected chi connectivity index (χ0v) is 16.7. The lowest BCUT2D eigenvalue weighted by Gasteiger charge is -2.26. The standard InChI is InChI=1S/C21H22BrNO3/c1-20(2,3)18(24)12-21(26)16-11-15(22)9-10-17(16)23(19(21)25)13-14-7-5-4-6-8-14/h4-11,26H,12-13H2,1-3H3/t21-/m1/s1. The number of benzene rings is 2. The molecule has 4 nitrogen and oxygen atoms in total. The van der Waals surface area contributed by atoms with Gasteiger partial charge in [-0.05, 0) is 23.8 Å². The summed E-state index contributed by atoms with van der Waals surface area (Å²) in [6.07, 6.45) is -0.232. The van der Waals surface area contributed by atoms with E-state index in [1.54, 1.807) is 37.8 Å². The number of hydrogen-bond donors (Lipinski definition) is 1. The molecule has 0 unspecified atom stereocenters. The van der Waals surface area contributed by atoms with Gasteiger partial charge >= 0.3 is 0 Å². The third kappa shape index (κ3) is 3.33. The minimum absolute atomic E-state index is 0.152. The van der Waals surface area contributed by atoms with Crippen molar-refractivity contribution in [3.63, 3.8) is 0 Å². The first-order valence-corrected chi connectivity index (χ1v) is 9.34. The number of halogens is 1. The van der Waals surface area contributed by atoms with Crippen LogP contribution in [0.4, 0.5) is 5.69 Å². The molecule has 1 atom stereocenters. The van der Waals surface area contributed by atoms with E-state index in [2.05, 4.69) is 15.9 Å². The molecule has 5 heteroatoms. The van der Waals surface area contributed by atoms with Crippen LogP contribution in [-0.4, -0.2) is 16.8 Å². The minimum Gasteiger partial charge on any atom is -0.375 e. The Kier molecular flexibility index (Phi) is 4.80. The molecule has 2 aromatic rings. The summed E-state index contributed by atoms with van der Waals surface area (Å²) in [6, 6.07) is 15.0. The molecule has 1 aliphatic heterocycles. The fourth-order valence-electron chi connectivity index (χ4n) is 3.11. The van der Waals surface area contributed by atoms with Crippen molar-refractivity contribution in [3.05, 3.63) is 64.1 Å². The first kappa shape index (κ1) is 18.8. The van der Waals surface area contributed by atoms with Crippen molar-refractivity contribution < 1.29 is 14.7 Å². The van der Waals surface area contributed by atoms with Crippen molar-refractivity contribution in [2.24, 2.45) is 5.41 Å². The van der Waals surface area contributed by atoms with Crippen molar-refractivity contribution >= 4 is 33.3 Å². The topological polar surface area (TPSA) is 57.6 Å². The lowest BCUT2D eigenvalue weighted by molar-refractivity contribution is -0.144. The first-order valence-electron chi connectivity index (χ1n) is 8.54. The molecule has 0 bridgehead atoms. The fourth-order valence-corrected chi connectivity index (χ4v) is 3.48. The molecule has 0 aliphatic carbocycles. The zero-order valence-electron chi connectivity index (χ0n) is 15.1. The SMILES string of the molecule is CC(C)(C)C(=O)C[C@]1(O)C(=O)N(Cc2ccccc2)c2ccc(Br)cc21. The van der Waals surface area contributed by atoms with Crippen LogP contribution in [0.25, 0.3) is 0 Å². The highest BCUT2D eigenvalue weighted by Gasteiger charge is 2.51. The van der Waals surface area contributed by atoms with E-state index in [9.17, 15) is 14.7 Å². The largest absolute Gasteiger partial charge is 0.375 e. The average Bonchev–Trinajstić information content (AvgIpc) is 2.77. The highest BCUT2D eigenvalue weighted by Crippen LogP contribution is 2.45. The maximum absolute atomic E-state index is 13.2. The van der Waals surface area contributed by atoms with Gasteiger partial charge in [0.1, 0.15) is 5.78 Å². The van der Waals surface area contributed by atoms with Crippen molar-refractivity contribution in [1.29, 1.82) is 0 Å². The van der Waals surface area contributed by atoms with E-state index >= 15 is 0 Å². The molecule has 0 spiro atoms. The van der Waals surface area contributed by atoms with Gasteiger partial charge in [-0.1, -0.05) is 67.0 Å². The van der Waals surface area contributed by atoms with Gasteiger partial charge in [0.05, 0.1) is 12.2 Å². The van der Waals surface area contributed by atoms with Crippen molar-refractivity contribution in [1.82, 2.24) is 0 Å². The molecule has 136 valence electrons. The Morgan fingerprint density at radius 2 is 1.81 bits per heavy atom. The molecule has 0 saturated heterocycles. The van der Waals surface area contributed by atoms with E-state index in [1.807, 2.05) is 36.4 Å². The highest BCUT2D eigenvalue weighted by atomic mass is 79.9. The first-order chi connectivity index (χ1) is 12.1. The second-order valence-corrected chi connectivity index (χ2v) is 8.66. The quantitative estimate of drug-likeness (QED) is 0.814. The van der Waals surface area contributed by atoms with E-state index in [0.29, 0.717) is 17.8 Å². The number of amides is 1. The van der Waals surface area contributed by atoms with Gasteiger partial charge in [0.2, 0.25) is 0 Å². The second kappa shape index (κ2) is 6.63. The molecule has 1 aliphatic rings. The van der Waals surface area contributed by atoms with E-state index in [4.69, 9.17) is 0 Å². The van der Waals surface area contributed by atoms with Crippen LogP contribution in [0.2, 0.25) is 0 Å². The Labute approximate surface area is 162 Å². The number of carbonyl (C=O) groups is 2. The Bertz CT molecular complexity index is 857. The molecular weight excluding hydrogens is 394 g/mol. The number of rotatable bonds is 4. The van der Waals surface area contributed by atoms with Crippen LogP contribution in [0.3, 0.4) is 0 Å². The Morgan fingerprint density at radius 3 is 2.42 bits per heavy atom. The third-order valence-electron chi connectivity index (χ3n) is 4.73. The Balaban J connectivity index is 2.03. The molecule has 0 radical (unpaired) electrons. The molecule has 0 aromatic heterocycles. The fraction of sp³-hybridized carbons (Fsp3) is 0.333. The van der Waals surface area contributed by atoms with Gasteiger partial charge < -0.3 is 10.0 Å². The lowest BCUT2D eigenvalue weighted by atomic mass is 9.81. The Hall–Kier alpha value is -1.98. The number of fused-ring (bicyclic) bond motifs is 1. The van der Waals surface area contributed by atoms with E-state index < -0.39 is 16.9 Å². The molecule has 3 rings (SSSR count). The summed E-state index contributed by atoms with van der Waals surface area (Å²) in [6.45, 7) is 5.73. The van der Waals surface area contributed by atoms with Crippen LogP contribution in [0, 0.1) is 5.41 Å². The normalized spacial score (nSPS) is 19.6. The molecule has 0 fully saturated rings. The zero-order chi connectivity index (χ0) is 19.1. The number of Topliss-reactive ketones (excluding diaryl/α,β-unsaturated/α-hetero) is 1. The number of anilines is 1. The second-order valence-electron chi connectivity index (χ2n) is 7.75.